The first-order chi connectivity index (χ1) is 14.5. The molecule has 0 saturated carbocycles. The number of imide groups is 1. The normalized spacial score (nSPS) is 29.8. The van der Waals surface area contributed by atoms with E-state index in [4.69, 9.17) is 0 Å². The van der Waals surface area contributed by atoms with Crippen LogP contribution in [0.4, 0.5) is 5.69 Å². The molecule has 3 heterocycles. The van der Waals surface area contributed by atoms with Gasteiger partial charge in [-0.1, -0.05) is 37.6 Å². The van der Waals surface area contributed by atoms with Crippen molar-refractivity contribution >= 4 is 35.2 Å². The number of amides is 3. The van der Waals surface area contributed by atoms with Gasteiger partial charge in [0, 0.05) is 25.1 Å². The number of likely N-dealkylation sites (tertiary alicyclic amines) is 1. The number of rotatable bonds is 8. The zero-order chi connectivity index (χ0) is 21.5. The van der Waals surface area contributed by atoms with Gasteiger partial charge in [-0.2, -0.15) is 11.8 Å². The highest BCUT2D eigenvalue weighted by Crippen LogP contribution is 2.51. The summed E-state index contributed by atoms with van der Waals surface area (Å²) < 4.78 is 0. The van der Waals surface area contributed by atoms with Crippen LogP contribution >= 0.6 is 11.8 Å². The number of carbonyl (C=O) groups excluding carboxylic acids is 3. The first-order valence-corrected chi connectivity index (χ1v) is 12.1. The first kappa shape index (κ1) is 21.1. The topological polar surface area (TPSA) is 74.3 Å². The number of para-hydroxylation sites is 1. The zero-order valence-corrected chi connectivity index (χ0v) is 18.5. The third-order valence-electron chi connectivity index (χ3n) is 6.81. The van der Waals surface area contributed by atoms with Crippen molar-refractivity contribution in [1.29, 1.82) is 0 Å². The van der Waals surface area contributed by atoms with Crippen molar-refractivity contribution in [2.75, 3.05) is 30.0 Å². The summed E-state index contributed by atoms with van der Waals surface area (Å²) in [6.07, 6.45) is 6.24. The quantitative estimate of drug-likeness (QED) is 0.503. The highest BCUT2D eigenvalue weighted by Gasteiger charge is 2.74. The molecule has 3 amide bonds. The molecular weight excluding hydrogens is 398 g/mol. The van der Waals surface area contributed by atoms with Crippen molar-refractivity contribution in [3.05, 3.63) is 42.5 Å². The minimum absolute atomic E-state index is 0.0776. The predicted octanol–water partition coefficient (Wildman–Crippen LogP) is 1.51. The zero-order valence-electron chi connectivity index (χ0n) is 17.7. The van der Waals surface area contributed by atoms with Crippen molar-refractivity contribution in [3.8, 4) is 0 Å². The predicted molar refractivity (Wildman–Crippen MR) is 118 cm³/mol. The van der Waals surface area contributed by atoms with Crippen LogP contribution in [0, 0.1) is 11.8 Å². The third-order valence-corrected chi connectivity index (χ3v) is 7.46. The van der Waals surface area contributed by atoms with E-state index < -0.39 is 17.4 Å². The minimum Gasteiger partial charge on any atom is -0.326 e. The van der Waals surface area contributed by atoms with E-state index in [-0.39, 0.29) is 23.8 Å². The van der Waals surface area contributed by atoms with Crippen LogP contribution in [0.3, 0.4) is 0 Å². The van der Waals surface area contributed by atoms with Gasteiger partial charge in [0.25, 0.3) is 5.91 Å². The van der Waals surface area contributed by atoms with E-state index in [9.17, 15) is 14.4 Å². The summed E-state index contributed by atoms with van der Waals surface area (Å²) in [7, 11) is 0. The van der Waals surface area contributed by atoms with Gasteiger partial charge >= 0.3 is 0 Å². The van der Waals surface area contributed by atoms with E-state index in [0.717, 1.165) is 36.3 Å². The lowest BCUT2D eigenvalue weighted by Crippen LogP contribution is -2.99. The fourth-order valence-corrected chi connectivity index (χ4v) is 6.05. The molecule has 0 unspecified atom stereocenters. The molecule has 6 nitrogen and oxygen atoms in total. The highest BCUT2D eigenvalue weighted by molar-refractivity contribution is 7.98. The van der Waals surface area contributed by atoms with Crippen LogP contribution in [0.1, 0.15) is 31.7 Å². The van der Waals surface area contributed by atoms with E-state index in [2.05, 4.69) is 11.9 Å². The number of anilines is 1. The van der Waals surface area contributed by atoms with Crippen LogP contribution in [-0.4, -0.2) is 53.8 Å². The summed E-state index contributed by atoms with van der Waals surface area (Å²) in [5, 5.41) is 2.05. The molecule has 160 valence electrons. The molecule has 3 aliphatic heterocycles. The largest absolute Gasteiger partial charge is 0.326 e. The second kappa shape index (κ2) is 8.19. The number of nitrogens with two attached hydrogens (primary N) is 1. The van der Waals surface area contributed by atoms with Gasteiger partial charge in [-0.05, 0) is 24.5 Å². The second-order valence-electron chi connectivity index (χ2n) is 8.39. The Morgan fingerprint density at radius 2 is 1.97 bits per heavy atom. The molecule has 1 spiro atoms. The molecule has 0 bridgehead atoms. The van der Waals surface area contributed by atoms with Crippen LogP contribution in [-0.2, 0) is 19.9 Å². The Hall–Kier alpha value is -2.12. The number of nitrogens with zero attached hydrogens (tertiary/aromatic N) is 2. The van der Waals surface area contributed by atoms with Gasteiger partial charge in [0.05, 0.1) is 5.69 Å². The lowest BCUT2D eigenvalue weighted by atomic mass is 9.76. The summed E-state index contributed by atoms with van der Waals surface area (Å²) in [5.74, 6) is -0.554. The summed E-state index contributed by atoms with van der Waals surface area (Å²) >= 11 is 1.73. The summed E-state index contributed by atoms with van der Waals surface area (Å²) in [6, 6.07) is 7.63. The number of hydrogen-bond acceptors (Lipinski definition) is 4. The van der Waals surface area contributed by atoms with Gasteiger partial charge in [0.1, 0.15) is 17.9 Å². The van der Waals surface area contributed by atoms with Crippen molar-refractivity contribution in [1.82, 2.24) is 4.90 Å². The summed E-state index contributed by atoms with van der Waals surface area (Å²) in [5.41, 5.74) is 0.633. The Kier molecular flexibility index (Phi) is 5.77. The third kappa shape index (κ3) is 2.86. The highest BCUT2D eigenvalue weighted by atomic mass is 32.2. The fraction of sp³-hybridized carbons (Fsp3) is 0.522. The van der Waals surface area contributed by atoms with Crippen molar-refractivity contribution < 1.29 is 19.7 Å². The molecule has 0 radical (unpaired) electrons. The molecule has 3 aliphatic rings. The molecule has 0 aromatic heterocycles. The van der Waals surface area contributed by atoms with Crippen LogP contribution in [0.2, 0.25) is 0 Å². The van der Waals surface area contributed by atoms with E-state index >= 15 is 0 Å². The van der Waals surface area contributed by atoms with Gasteiger partial charge in [-0.25, -0.2) is 0 Å². The summed E-state index contributed by atoms with van der Waals surface area (Å²) in [6.45, 7) is 6.69. The van der Waals surface area contributed by atoms with Crippen LogP contribution < -0.4 is 10.2 Å². The Labute approximate surface area is 182 Å². The maximum absolute atomic E-state index is 13.9. The molecule has 30 heavy (non-hydrogen) atoms. The molecular formula is C23H30N3O3S+. The lowest BCUT2D eigenvalue weighted by molar-refractivity contribution is -0.733. The van der Waals surface area contributed by atoms with Crippen LogP contribution in [0.25, 0.3) is 0 Å². The van der Waals surface area contributed by atoms with Crippen molar-refractivity contribution in [2.45, 2.75) is 37.8 Å². The molecule has 1 aromatic carbocycles. The van der Waals surface area contributed by atoms with Gasteiger partial charge in [-0.3, -0.25) is 19.3 Å². The number of fused-ring (bicyclic) bond motifs is 4. The molecule has 2 fully saturated rings. The number of carbonyl (C=O) groups is 3. The average molecular weight is 429 g/mol. The van der Waals surface area contributed by atoms with Gasteiger partial charge in [0.15, 0.2) is 0 Å². The smallest absolute Gasteiger partial charge is 0.294 e. The van der Waals surface area contributed by atoms with E-state index in [0.29, 0.717) is 13.1 Å². The molecule has 2 saturated heterocycles. The number of unbranched alkanes of at least 4 members (excludes halogenated alkanes) is 1. The molecule has 0 aliphatic carbocycles. The number of thioether (sulfide) groups is 1. The van der Waals surface area contributed by atoms with E-state index in [1.807, 2.05) is 37.4 Å². The monoisotopic (exact) mass is 428 g/mol. The first-order valence-electron chi connectivity index (χ1n) is 10.8. The number of benzene rings is 1. The molecule has 7 heteroatoms. The molecule has 4 rings (SSSR count). The van der Waals surface area contributed by atoms with Crippen LogP contribution in [0.5, 0.6) is 0 Å². The second-order valence-corrected chi connectivity index (χ2v) is 9.37. The fourth-order valence-electron chi connectivity index (χ4n) is 5.54. The Bertz CT molecular complexity index is 888. The van der Waals surface area contributed by atoms with Crippen molar-refractivity contribution in [3.63, 3.8) is 0 Å². The van der Waals surface area contributed by atoms with Gasteiger partial charge in [0.2, 0.25) is 17.4 Å². The number of hydrogen-bond donors (Lipinski definition) is 1. The maximum atomic E-state index is 13.9. The molecule has 2 N–H and O–H groups in total. The van der Waals surface area contributed by atoms with Crippen molar-refractivity contribution in [2.24, 2.45) is 11.8 Å². The van der Waals surface area contributed by atoms with Gasteiger partial charge in [-0.15, -0.1) is 6.58 Å². The van der Waals surface area contributed by atoms with Gasteiger partial charge < -0.3 is 10.2 Å². The maximum Gasteiger partial charge on any atom is 0.294 e. The summed E-state index contributed by atoms with van der Waals surface area (Å²) in [4.78, 5) is 44.0. The molecule has 4 atom stereocenters. The number of quaternary nitrogens is 1. The Morgan fingerprint density at radius 3 is 2.67 bits per heavy atom. The lowest BCUT2D eigenvalue weighted by Gasteiger charge is -2.27. The minimum atomic E-state index is -1.05. The molecule has 1 aromatic rings. The van der Waals surface area contributed by atoms with Crippen LogP contribution in [0.15, 0.2) is 36.9 Å². The van der Waals surface area contributed by atoms with E-state index in [1.165, 1.54) is 4.90 Å². The average Bonchev–Trinajstić information content (AvgIpc) is 3.31. The Balaban J connectivity index is 1.83. The Morgan fingerprint density at radius 1 is 1.20 bits per heavy atom. The van der Waals surface area contributed by atoms with E-state index in [1.54, 1.807) is 22.7 Å². The SMILES string of the molecule is C=CCN1C(=O)[C@@]2([NH2+][C@@H](CCSC)[C@@H]3C(=O)N(CCCC)C(=O)[C@H]32)c2ccccc21. The standard InChI is InChI=1S/C23H29N3O3S/c1-4-6-13-26-20(27)18-16(11-14-30-3)24-23(19(18)21(26)28)15-9-7-8-10-17(15)25(12-5-2)22(23)29/h5,7-10,16,18-19,24H,2,4,6,11-14H2,1,3H3/p+1/t16-,18-,19-,23+/m0/s1.